The molecule has 0 bridgehead atoms. The van der Waals surface area contributed by atoms with Gasteiger partial charge in [-0.25, -0.2) is 12.8 Å². The minimum atomic E-state index is -4.19. The third kappa shape index (κ3) is 7.19. The van der Waals surface area contributed by atoms with E-state index in [-0.39, 0.29) is 23.0 Å². The lowest BCUT2D eigenvalue weighted by molar-refractivity contribution is -0.140. The molecule has 0 aliphatic rings. The maximum Gasteiger partial charge on any atom is 0.264 e. The summed E-state index contributed by atoms with van der Waals surface area (Å²) < 4.78 is 42.2. The van der Waals surface area contributed by atoms with Gasteiger partial charge in [-0.3, -0.25) is 13.9 Å². The van der Waals surface area contributed by atoms with Crippen LogP contribution >= 0.6 is 0 Å². The molecule has 9 heteroatoms. The van der Waals surface area contributed by atoms with Gasteiger partial charge < -0.3 is 10.2 Å². The van der Waals surface area contributed by atoms with Crippen LogP contribution in [-0.4, -0.2) is 44.3 Å². The maximum absolute atomic E-state index is 13.9. The molecule has 1 atom stereocenters. The molecule has 0 aliphatic heterocycles. The number of carbonyl (C=O) groups is 2. The van der Waals surface area contributed by atoms with Crippen molar-refractivity contribution in [3.05, 3.63) is 95.8 Å². The lowest BCUT2D eigenvalue weighted by Crippen LogP contribution is -2.52. The predicted molar refractivity (Wildman–Crippen MR) is 146 cm³/mol. The number of nitrogens with zero attached hydrogens (tertiary/aromatic N) is 2. The lowest BCUT2D eigenvalue weighted by atomic mass is 10.1. The molecule has 7 nitrogen and oxygen atoms in total. The number of benzene rings is 3. The predicted octanol–water partition coefficient (Wildman–Crippen LogP) is 4.66. The fourth-order valence-corrected chi connectivity index (χ4v) is 5.45. The summed E-state index contributed by atoms with van der Waals surface area (Å²) in [5, 5.41) is 2.85. The Morgan fingerprint density at radius 2 is 1.55 bits per heavy atom. The van der Waals surface area contributed by atoms with Crippen LogP contribution in [0.3, 0.4) is 0 Å². The Morgan fingerprint density at radius 3 is 2.13 bits per heavy atom. The van der Waals surface area contributed by atoms with Crippen LogP contribution in [-0.2, 0) is 26.2 Å². The Morgan fingerprint density at radius 1 is 0.921 bits per heavy atom. The van der Waals surface area contributed by atoms with Crippen molar-refractivity contribution < 1.29 is 22.4 Å². The Labute approximate surface area is 224 Å². The Bertz CT molecular complexity index is 1310. The molecule has 1 unspecified atom stereocenters. The Hall–Kier alpha value is -3.72. The zero-order valence-electron chi connectivity index (χ0n) is 21.9. The molecular weight excluding hydrogens is 505 g/mol. The molecule has 0 radical (unpaired) electrons. The van der Waals surface area contributed by atoms with Crippen molar-refractivity contribution in [1.29, 1.82) is 0 Å². The normalized spacial score (nSPS) is 12.0. The number of amides is 2. The van der Waals surface area contributed by atoms with Gasteiger partial charge in [-0.1, -0.05) is 61.9 Å². The van der Waals surface area contributed by atoms with Crippen LogP contribution in [0.1, 0.15) is 37.8 Å². The van der Waals surface area contributed by atoms with Gasteiger partial charge in [0.2, 0.25) is 11.8 Å². The van der Waals surface area contributed by atoms with Crippen molar-refractivity contribution in [2.45, 2.75) is 51.1 Å². The first-order chi connectivity index (χ1) is 18.2. The summed E-state index contributed by atoms with van der Waals surface area (Å²) in [6.45, 7) is 5.61. The first-order valence-electron chi connectivity index (χ1n) is 12.6. The number of hydrogen-bond donors (Lipinski definition) is 1. The molecule has 3 rings (SSSR count). The van der Waals surface area contributed by atoms with E-state index in [1.807, 2.05) is 51.1 Å². The molecule has 2 amide bonds. The van der Waals surface area contributed by atoms with Crippen molar-refractivity contribution in [3.8, 4) is 0 Å². The summed E-state index contributed by atoms with van der Waals surface area (Å²) >= 11 is 0. The number of halogens is 1. The molecule has 0 saturated carbocycles. The molecule has 0 saturated heterocycles. The number of sulfonamides is 1. The monoisotopic (exact) mass is 539 g/mol. The van der Waals surface area contributed by atoms with Crippen molar-refractivity contribution in [2.75, 3.05) is 17.4 Å². The van der Waals surface area contributed by atoms with E-state index in [0.717, 1.165) is 34.0 Å². The summed E-state index contributed by atoms with van der Waals surface area (Å²) in [7, 11) is -4.19. The second kappa shape index (κ2) is 13.2. The molecule has 202 valence electrons. The second-order valence-corrected chi connectivity index (χ2v) is 10.9. The van der Waals surface area contributed by atoms with Crippen LogP contribution < -0.4 is 9.62 Å². The average Bonchev–Trinajstić information content (AvgIpc) is 2.91. The van der Waals surface area contributed by atoms with Gasteiger partial charge >= 0.3 is 0 Å². The van der Waals surface area contributed by atoms with Crippen molar-refractivity contribution in [2.24, 2.45) is 0 Å². The van der Waals surface area contributed by atoms with E-state index in [1.54, 1.807) is 12.1 Å². The van der Waals surface area contributed by atoms with Crippen molar-refractivity contribution in [1.82, 2.24) is 10.2 Å². The zero-order valence-corrected chi connectivity index (χ0v) is 22.7. The fourth-order valence-electron chi connectivity index (χ4n) is 4.04. The van der Waals surface area contributed by atoms with Gasteiger partial charge in [-0.05, 0) is 61.7 Å². The van der Waals surface area contributed by atoms with Gasteiger partial charge in [0, 0.05) is 13.1 Å². The van der Waals surface area contributed by atoms with Crippen LogP contribution in [0.4, 0.5) is 10.1 Å². The molecule has 0 spiro atoms. The highest BCUT2D eigenvalue weighted by atomic mass is 32.2. The van der Waals surface area contributed by atoms with Crippen LogP contribution in [0.5, 0.6) is 0 Å². The molecule has 1 N–H and O–H groups in total. The van der Waals surface area contributed by atoms with Gasteiger partial charge in [-0.2, -0.15) is 0 Å². The zero-order chi connectivity index (χ0) is 27.7. The van der Waals surface area contributed by atoms with Gasteiger partial charge in [0.05, 0.1) is 10.6 Å². The van der Waals surface area contributed by atoms with Crippen LogP contribution in [0.25, 0.3) is 0 Å². The second-order valence-electron chi connectivity index (χ2n) is 9.02. The van der Waals surface area contributed by atoms with E-state index in [9.17, 15) is 22.4 Å². The summed E-state index contributed by atoms with van der Waals surface area (Å²) in [6, 6.07) is 19.6. The minimum absolute atomic E-state index is 0.00237. The third-order valence-corrected chi connectivity index (χ3v) is 7.92. The van der Waals surface area contributed by atoms with Crippen LogP contribution in [0, 0.1) is 12.7 Å². The van der Waals surface area contributed by atoms with Crippen molar-refractivity contribution in [3.63, 3.8) is 0 Å². The lowest BCUT2D eigenvalue weighted by Gasteiger charge is -2.33. The summed E-state index contributed by atoms with van der Waals surface area (Å²) in [4.78, 5) is 28.3. The van der Waals surface area contributed by atoms with Gasteiger partial charge in [0.15, 0.2) is 0 Å². The van der Waals surface area contributed by atoms with Crippen molar-refractivity contribution >= 4 is 27.5 Å². The maximum atomic E-state index is 13.9. The molecular formula is C29H34FN3O4S. The highest BCUT2D eigenvalue weighted by molar-refractivity contribution is 7.92. The summed E-state index contributed by atoms with van der Waals surface area (Å²) in [5.41, 5.74) is 1.83. The number of rotatable bonds is 12. The Kier molecular flexibility index (Phi) is 10.0. The topological polar surface area (TPSA) is 86.8 Å². The van der Waals surface area contributed by atoms with E-state index < -0.39 is 34.3 Å². The molecule has 0 heterocycles. The van der Waals surface area contributed by atoms with Gasteiger partial charge in [0.1, 0.15) is 18.4 Å². The molecule has 3 aromatic carbocycles. The Balaban J connectivity index is 2.03. The van der Waals surface area contributed by atoms with E-state index in [2.05, 4.69) is 5.32 Å². The average molecular weight is 540 g/mol. The highest BCUT2D eigenvalue weighted by Crippen LogP contribution is 2.25. The standard InChI is InChI=1S/C29H34FN3O4S/c1-4-19-31-29(35)27(5-2)32(20-23-9-7-6-8-10-23)28(34)21-33(25-15-13-24(30)14-16-25)38(36,37)26-17-11-22(3)12-18-26/h6-18,27H,4-5,19-21H2,1-3H3,(H,31,35). The molecule has 0 fully saturated rings. The molecule has 0 aromatic heterocycles. The molecule has 3 aromatic rings. The first kappa shape index (κ1) is 28.8. The molecule has 38 heavy (non-hydrogen) atoms. The third-order valence-electron chi connectivity index (χ3n) is 6.13. The quantitative estimate of drug-likeness (QED) is 0.363. The summed E-state index contributed by atoms with van der Waals surface area (Å²) in [6.07, 6.45) is 1.08. The SMILES string of the molecule is CCCNC(=O)C(CC)N(Cc1ccccc1)C(=O)CN(c1ccc(F)cc1)S(=O)(=O)c1ccc(C)cc1. The van der Waals surface area contributed by atoms with Crippen LogP contribution in [0.15, 0.2) is 83.8 Å². The van der Waals surface area contributed by atoms with E-state index in [0.29, 0.717) is 13.0 Å². The fraction of sp³-hybridized carbons (Fsp3) is 0.310. The van der Waals surface area contributed by atoms with Gasteiger partial charge in [0.25, 0.3) is 10.0 Å². The smallest absolute Gasteiger partial charge is 0.264 e. The number of nitrogens with one attached hydrogen (secondary N) is 1. The largest absolute Gasteiger partial charge is 0.354 e. The summed E-state index contributed by atoms with van der Waals surface area (Å²) in [5.74, 6) is -1.38. The van der Waals surface area contributed by atoms with E-state index >= 15 is 0 Å². The van der Waals surface area contributed by atoms with Gasteiger partial charge in [-0.15, -0.1) is 0 Å². The first-order valence-corrected chi connectivity index (χ1v) is 14.1. The number of carbonyl (C=O) groups excluding carboxylic acids is 2. The molecule has 0 aliphatic carbocycles. The number of aryl methyl sites for hydroxylation is 1. The highest BCUT2D eigenvalue weighted by Gasteiger charge is 2.33. The van der Waals surface area contributed by atoms with E-state index in [1.165, 1.54) is 29.2 Å². The van der Waals surface area contributed by atoms with E-state index in [4.69, 9.17) is 0 Å². The van der Waals surface area contributed by atoms with Crippen LogP contribution in [0.2, 0.25) is 0 Å². The number of anilines is 1. The number of hydrogen-bond acceptors (Lipinski definition) is 4. The minimum Gasteiger partial charge on any atom is -0.354 e.